The van der Waals surface area contributed by atoms with Gasteiger partial charge in [-0.2, -0.15) is 0 Å². The Morgan fingerprint density at radius 2 is 2.32 bits per heavy atom. The van der Waals surface area contributed by atoms with Crippen LogP contribution in [0.1, 0.15) is 39.2 Å². The van der Waals surface area contributed by atoms with Gasteiger partial charge in [0.25, 0.3) is 0 Å². The smallest absolute Gasteiger partial charge is 0.129 e. The van der Waals surface area contributed by atoms with Gasteiger partial charge in [0.1, 0.15) is 5.82 Å². The predicted octanol–water partition coefficient (Wildman–Crippen LogP) is 3.47. The molecule has 1 N–H and O–H groups in total. The second kappa shape index (κ2) is 6.58. The van der Waals surface area contributed by atoms with Crippen LogP contribution in [-0.4, -0.2) is 24.1 Å². The van der Waals surface area contributed by atoms with Crippen LogP contribution >= 0.6 is 11.6 Å². The van der Waals surface area contributed by atoms with Crippen molar-refractivity contribution in [3.63, 3.8) is 0 Å². The molecule has 1 aliphatic heterocycles. The van der Waals surface area contributed by atoms with Gasteiger partial charge < -0.3 is 10.2 Å². The van der Waals surface area contributed by atoms with Crippen LogP contribution in [0.2, 0.25) is 5.02 Å². The molecule has 2 heterocycles. The Labute approximate surface area is 121 Å². The van der Waals surface area contributed by atoms with Gasteiger partial charge in [-0.3, -0.25) is 0 Å². The number of anilines is 1. The maximum atomic E-state index is 6.23. The molecule has 0 radical (unpaired) electrons. The lowest BCUT2D eigenvalue weighted by Crippen LogP contribution is -2.27. The molecule has 1 aromatic rings. The fraction of sp³-hybridized carbons (Fsp3) is 0.667. The minimum atomic E-state index is 0.588. The Bertz CT molecular complexity index is 420. The van der Waals surface area contributed by atoms with Gasteiger partial charge in [-0.1, -0.05) is 25.4 Å². The van der Waals surface area contributed by atoms with Crippen molar-refractivity contribution in [3.8, 4) is 0 Å². The summed E-state index contributed by atoms with van der Waals surface area (Å²) in [6.45, 7) is 9.61. The van der Waals surface area contributed by atoms with E-state index in [0.717, 1.165) is 36.0 Å². The van der Waals surface area contributed by atoms with Gasteiger partial charge in [-0.25, -0.2) is 4.98 Å². The predicted molar refractivity (Wildman–Crippen MR) is 81.8 cm³/mol. The lowest BCUT2D eigenvalue weighted by Gasteiger charge is -2.23. The summed E-state index contributed by atoms with van der Waals surface area (Å²) in [4.78, 5) is 6.86. The van der Waals surface area contributed by atoms with Gasteiger partial charge in [0.05, 0.1) is 5.02 Å². The molecule has 1 aliphatic rings. The standard InChI is InChI=1S/C15H24ClN3/c1-11(2)8-17-9-13-7-15(18-10-14(13)16)19-6-4-5-12(19)3/h7,10-12,17H,4-6,8-9H2,1-3H3. The van der Waals surface area contributed by atoms with Crippen molar-refractivity contribution in [2.45, 2.75) is 46.2 Å². The van der Waals surface area contributed by atoms with E-state index in [1.807, 2.05) is 0 Å². The quantitative estimate of drug-likeness (QED) is 0.896. The fourth-order valence-corrected chi connectivity index (χ4v) is 2.70. The number of halogens is 1. The third kappa shape index (κ3) is 3.83. The van der Waals surface area contributed by atoms with Crippen LogP contribution in [0.3, 0.4) is 0 Å². The SMILES string of the molecule is CC(C)CNCc1cc(N2CCCC2C)ncc1Cl. The van der Waals surface area contributed by atoms with Crippen LogP contribution in [0.25, 0.3) is 0 Å². The zero-order valence-electron chi connectivity index (χ0n) is 12.1. The van der Waals surface area contributed by atoms with E-state index in [2.05, 4.69) is 42.0 Å². The first kappa shape index (κ1) is 14.6. The van der Waals surface area contributed by atoms with Crippen molar-refractivity contribution < 1.29 is 0 Å². The van der Waals surface area contributed by atoms with E-state index in [1.54, 1.807) is 6.20 Å². The molecular formula is C15H24ClN3. The highest BCUT2D eigenvalue weighted by atomic mass is 35.5. The highest BCUT2D eigenvalue weighted by Gasteiger charge is 2.21. The first-order chi connectivity index (χ1) is 9.08. The minimum Gasteiger partial charge on any atom is -0.354 e. The Balaban J connectivity index is 2.06. The Morgan fingerprint density at radius 3 is 2.95 bits per heavy atom. The number of nitrogens with zero attached hydrogens (tertiary/aromatic N) is 2. The van der Waals surface area contributed by atoms with Gasteiger partial charge >= 0.3 is 0 Å². The van der Waals surface area contributed by atoms with Gasteiger partial charge in [-0.15, -0.1) is 0 Å². The normalized spacial score (nSPS) is 19.4. The first-order valence-corrected chi connectivity index (χ1v) is 7.57. The molecule has 1 unspecified atom stereocenters. The number of hydrogen-bond donors (Lipinski definition) is 1. The Morgan fingerprint density at radius 1 is 1.53 bits per heavy atom. The van der Waals surface area contributed by atoms with Crippen LogP contribution in [0.4, 0.5) is 5.82 Å². The number of rotatable bonds is 5. The maximum Gasteiger partial charge on any atom is 0.129 e. The number of hydrogen-bond acceptors (Lipinski definition) is 3. The van der Waals surface area contributed by atoms with Crippen molar-refractivity contribution in [2.24, 2.45) is 5.92 Å². The number of aromatic nitrogens is 1. The third-order valence-corrected chi connectivity index (χ3v) is 3.98. The Kier molecular flexibility index (Phi) is 5.06. The number of pyridine rings is 1. The minimum absolute atomic E-state index is 0.588. The van der Waals surface area contributed by atoms with Crippen LogP contribution in [0.15, 0.2) is 12.3 Å². The molecule has 2 rings (SSSR count). The summed E-state index contributed by atoms with van der Waals surface area (Å²) >= 11 is 6.23. The zero-order valence-corrected chi connectivity index (χ0v) is 12.9. The van der Waals surface area contributed by atoms with Crippen LogP contribution in [0, 0.1) is 5.92 Å². The van der Waals surface area contributed by atoms with Gasteiger partial charge in [0.15, 0.2) is 0 Å². The average molecular weight is 282 g/mol. The third-order valence-electron chi connectivity index (χ3n) is 3.64. The second-order valence-corrected chi connectivity index (χ2v) is 6.25. The summed E-state index contributed by atoms with van der Waals surface area (Å²) in [7, 11) is 0. The molecule has 0 amide bonds. The molecule has 0 aliphatic carbocycles. The summed E-state index contributed by atoms with van der Waals surface area (Å²) in [6, 6.07) is 2.72. The van der Waals surface area contributed by atoms with Crippen molar-refractivity contribution >= 4 is 17.4 Å². The van der Waals surface area contributed by atoms with Gasteiger partial charge in [0, 0.05) is 25.3 Å². The van der Waals surface area contributed by atoms with E-state index < -0.39 is 0 Å². The molecule has 1 fully saturated rings. The Hall–Kier alpha value is -0.800. The largest absolute Gasteiger partial charge is 0.354 e. The van der Waals surface area contributed by atoms with Crippen LogP contribution in [-0.2, 0) is 6.54 Å². The topological polar surface area (TPSA) is 28.2 Å². The van der Waals surface area contributed by atoms with Crippen LogP contribution < -0.4 is 10.2 Å². The molecule has 19 heavy (non-hydrogen) atoms. The lowest BCUT2D eigenvalue weighted by atomic mass is 10.2. The monoisotopic (exact) mass is 281 g/mol. The van der Waals surface area contributed by atoms with E-state index >= 15 is 0 Å². The summed E-state index contributed by atoms with van der Waals surface area (Å²) in [5, 5.41) is 4.20. The van der Waals surface area contributed by atoms with Crippen LogP contribution in [0.5, 0.6) is 0 Å². The van der Waals surface area contributed by atoms with Crippen molar-refractivity contribution in [3.05, 3.63) is 22.8 Å². The van der Waals surface area contributed by atoms with E-state index in [1.165, 1.54) is 12.8 Å². The summed E-state index contributed by atoms with van der Waals surface area (Å²) in [5.41, 5.74) is 1.14. The lowest BCUT2D eigenvalue weighted by molar-refractivity contribution is 0.552. The molecule has 1 saturated heterocycles. The second-order valence-electron chi connectivity index (χ2n) is 5.84. The molecule has 0 saturated carbocycles. The average Bonchev–Trinajstić information content (AvgIpc) is 2.77. The molecule has 4 heteroatoms. The molecular weight excluding hydrogens is 258 g/mol. The van der Waals surface area contributed by atoms with E-state index in [0.29, 0.717) is 12.0 Å². The highest BCUT2D eigenvalue weighted by molar-refractivity contribution is 6.31. The number of nitrogens with one attached hydrogen (secondary N) is 1. The first-order valence-electron chi connectivity index (χ1n) is 7.19. The zero-order chi connectivity index (χ0) is 13.8. The molecule has 3 nitrogen and oxygen atoms in total. The summed E-state index contributed by atoms with van der Waals surface area (Å²) in [6.07, 6.45) is 4.30. The fourth-order valence-electron chi connectivity index (χ4n) is 2.53. The maximum absolute atomic E-state index is 6.23. The van der Waals surface area contributed by atoms with E-state index in [4.69, 9.17) is 11.6 Å². The summed E-state index contributed by atoms with van der Waals surface area (Å²) in [5.74, 6) is 1.72. The highest BCUT2D eigenvalue weighted by Crippen LogP contribution is 2.26. The van der Waals surface area contributed by atoms with Crippen molar-refractivity contribution in [1.82, 2.24) is 10.3 Å². The van der Waals surface area contributed by atoms with E-state index in [9.17, 15) is 0 Å². The van der Waals surface area contributed by atoms with Crippen molar-refractivity contribution in [1.29, 1.82) is 0 Å². The molecule has 1 aromatic heterocycles. The summed E-state index contributed by atoms with van der Waals surface area (Å²) < 4.78 is 0. The van der Waals surface area contributed by atoms with E-state index in [-0.39, 0.29) is 0 Å². The molecule has 1 atom stereocenters. The van der Waals surface area contributed by atoms with Gasteiger partial charge in [0.2, 0.25) is 0 Å². The molecule has 0 spiro atoms. The molecule has 0 bridgehead atoms. The molecule has 106 valence electrons. The van der Waals surface area contributed by atoms with Crippen molar-refractivity contribution in [2.75, 3.05) is 18.0 Å². The molecule has 0 aromatic carbocycles. The van der Waals surface area contributed by atoms with Gasteiger partial charge in [-0.05, 0) is 43.9 Å².